The number of rotatable bonds is 0. The Labute approximate surface area is 159 Å². The minimum Gasteiger partial charge on any atom is -0.382 e. The number of nitrogens with zero attached hydrogens (tertiary/aromatic N) is 6. The predicted molar refractivity (Wildman–Crippen MR) is 102 cm³/mol. The summed E-state index contributed by atoms with van der Waals surface area (Å²) < 4.78 is 5.24. The third kappa shape index (κ3) is 2.99. The average molecular weight is 474 g/mol. The van der Waals surface area contributed by atoms with Crippen molar-refractivity contribution in [2.45, 2.75) is 0 Å². The van der Waals surface area contributed by atoms with E-state index in [2.05, 4.69) is 52.0 Å². The standard InChI is InChI=1S/C7H5BrClN3.C7H7BrN4/c2*1-12-6-4(2-11-12)5(8)3-10-7(6)9/h2-3H,1H3;2-3H,1H3,(H2,9,10). The maximum absolute atomic E-state index is 5.88. The smallest absolute Gasteiger partial charge is 0.154 e. The molecule has 4 aromatic heterocycles. The van der Waals surface area contributed by atoms with Crippen molar-refractivity contribution in [3.05, 3.63) is 38.9 Å². The highest BCUT2D eigenvalue weighted by molar-refractivity contribution is 9.11. The van der Waals surface area contributed by atoms with E-state index in [1.54, 1.807) is 34.2 Å². The Bertz CT molecular complexity index is 957. The molecule has 0 saturated carbocycles. The van der Waals surface area contributed by atoms with E-state index in [1.165, 1.54) is 0 Å². The van der Waals surface area contributed by atoms with Gasteiger partial charge in [0.1, 0.15) is 16.9 Å². The first kappa shape index (κ1) is 17.1. The lowest BCUT2D eigenvalue weighted by molar-refractivity contribution is 0.795. The zero-order valence-electron chi connectivity index (χ0n) is 12.7. The molecule has 0 spiro atoms. The highest BCUT2D eigenvalue weighted by Gasteiger charge is 2.08. The van der Waals surface area contributed by atoms with Crippen LogP contribution in [-0.4, -0.2) is 29.5 Å². The van der Waals surface area contributed by atoms with Gasteiger partial charge in [0.2, 0.25) is 0 Å². The fraction of sp³-hybridized carbons (Fsp3) is 0.143. The van der Waals surface area contributed by atoms with Crippen LogP contribution in [0, 0.1) is 0 Å². The minimum absolute atomic E-state index is 0.480. The number of pyridine rings is 2. The van der Waals surface area contributed by atoms with Gasteiger partial charge in [-0.15, -0.1) is 0 Å². The van der Waals surface area contributed by atoms with Crippen LogP contribution in [0.15, 0.2) is 33.7 Å². The minimum atomic E-state index is 0.480. The Morgan fingerprint density at radius 2 is 1.38 bits per heavy atom. The molecule has 0 bridgehead atoms. The number of anilines is 1. The summed E-state index contributed by atoms with van der Waals surface area (Å²) in [6.45, 7) is 0. The van der Waals surface area contributed by atoms with E-state index in [9.17, 15) is 0 Å². The third-order valence-corrected chi connectivity index (χ3v) is 4.98. The van der Waals surface area contributed by atoms with Crippen LogP contribution in [0.1, 0.15) is 0 Å². The van der Waals surface area contributed by atoms with Gasteiger partial charge in [0.25, 0.3) is 0 Å². The van der Waals surface area contributed by atoms with Crippen LogP contribution in [-0.2, 0) is 14.1 Å². The summed E-state index contributed by atoms with van der Waals surface area (Å²) in [7, 11) is 3.68. The molecule has 0 saturated heterocycles. The van der Waals surface area contributed by atoms with Gasteiger partial charge in [-0.2, -0.15) is 10.2 Å². The molecule has 0 fully saturated rings. The van der Waals surface area contributed by atoms with E-state index in [0.717, 1.165) is 30.8 Å². The summed E-state index contributed by atoms with van der Waals surface area (Å²) >= 11 is 12.6. The zero-order valence-corrected chi connectivity index (χ0v) is 16.6. The normalized spacial score (nSPS) is 10.9. The Morgan fingerprint density at radius 1 is 0.875 bits per heavy atom. The maximum Gasteiger partial charge on any atom is 0.154 e. The summed E-state index contributed by atoms with van der Waals surface area (Å²) in [5, 5.41) is 10.6. The van der Waals surface area contributed by atoms with Crippen LogP contribution >= 0.6 is 43.5 Å². The van der Waals surface area contributed by atoms with Crippen molar-refractivity contribution >= 4 is 71.1 Å². The number of hydrogen-bond acceptors (Lipinski definition) is 5. The number of aryl methyl sites for hydroxylation is 2. The molecule has 0 aromatic carbocycles. The number of nitrogen functional groups attached to an aromatic ring is 1. The Morgan fingerprint density at radius 3 is 1.92 bits per heavy atom. The molecule has 0 aliphatic carbocycles. The zero-order chi connectivity index (χ0) is 17.4. The lowest BCUT2D eigenvalue weighted by Gasteiger charge is -1.98. The quantitative estimate of drug-likeness (QED) is 0.394. The number of nitrogens with two attached hydrogens (primary N) is 1. The van der Waals surface area contributed by atoms with Gasteiger partial charge in [-0.1, -0.05) is 11.6 Å². The van der Waals surface area contributed by atoms with E-state index in [4.69, 9.17) is 17.3 Å². The summed E-state index contributed by atoms with van der Waals surface area (Å²) in [5.41, 5.74) is 7.40. The van der Waals surface area contributed by atoms with Crippen molar-refractivity contribution in [1.29, 1.82) is 0 Å². The van der Waals surface area contributed by atoms with Crippen molar-refractivity contribution in [1.82, 2.24) is 29.5 Å². The largest absolute Gasteiger partial charge is 0.382 e. The number of hydrogen-bond donors (Lipinski definition) is 1. The van der Waals surface area contributed by atoms with Crippen molar-refractivity contribution in [2.24, 2.45) is 14.1 Å². The number of halogens is 3. The number of aromatic nitrogens is 6. The Balaban J connectivity index is 0.000000141. The molecule has 2 N–H and O–H groups in total. The second-order valence-corrected chi connectivity index (χ2v) is 7.02. The molecule has 0 aliphatic heterocycles. The molecular formula is C14H12Br2ClN7. The van der Waals surface area contributed by atoms with E-state index >= 15 is 0 Å². The van der Waals surface area contributed by atoms with Gasteiger partial charge in [0, 0.05) is 46.2 Å². The van der Waals surface area contributed by atoms with Gasteiger partial charge in [-0.25, -0.2) is 9.97 Å². The van der Waals surface area contributed by atoms with Crippen LogP contribution in [0.25, 0.3) is 21.8 Å². The monoisotopic (exact) mass is 471 g/mol. The van der Waals surface area contributed by atoms with E-state index in [-0.39, 0.29) is 0 Å². The summed E-state index contributed by atoms with van der Waals surface area (Å²) in [6.07, 6.45) is 6.87. The summed E-state index contributed by atoms with van der Waals surface area (Å²) in [4.78, 5) is 8.01. The molecule has 0 unspecified atom stereocenters. The third-order valence-electron chi connectivity index (χ3n) is 3.44. The first-order chi connectivity index (χ1) is 11.4. The van der Waals surface area contributed by atoms with Gasteiger partial charge in [0.05, 0.1) is 12.4 Å². The van der Waals surface area contributed by atoms with Crippen LogP contribution in [0.3, 0.4) is 0 Å². The lowest BCUT2D eigenvalue weighted by atomic mass is 10.3. The second kappa shape index (κ2) is 6.66. The molecule has 0 aliphatic rings. The van der Waals surface area contributed by atoms with Gasteiger partial charge in [-0.05, 0) is 31.9 Å². The topological polar surface area (TPSA) is 87.4 Å². The summed E-state index contributed by atoms with van der Waals surface area (Å²) in [5.74, 6) is 0.508. The fourth-order valence-electron chi connectivity index (χ4n) is 2.27. The SMILES string of the molecule is Cn1ncc2c(Br)cnc(Cl)c21.Cn1ncc2c(Br)cnc(N)c21. The summed E-state index contributed by atoms with van der Waals surface area (Å²) in [6, 6.07) is 0. The number of fused-ring (bicyclic) bond motifs is 2. The fourth-order valence-corrected chi connectivity index (χ4v) is 3.33. The van der Waals surface area contributed by atoms with Crippen molar-refractivity contribution in [3.8, 4) is 0 Å². The molecule has 124 valence electrons. The van der Waals surface area contributed by atoms with Gasteiger partial charge < -0.3 is 5.73 Å². The van der Waals surface area contributed by atoms with Crippen LogP contribution in [0.5, 0.6) is 0 Å². The predicted octanol–water partition coefficient (Wildman–Crippen LogP) is 3.70. The molecule has 0 atom stereocenters. The molecule has 0 radical (unpaired) electrons. The molecule has 4 rings (SSSR count). The first-order valence-electron chi connectivity index (χ1n) is 6.73. The van der Waals surface area contributed by atoms with Crippen LogP contribution in [0.4, 0.5) is 5.82 Å². The molecule has 24 heavy (non-hydrogen) atoms. The maximum atomic E-state index is 5.88. The first-order valence-corrected chi connectivity index (χ1v) is 8.70. The second-order valence-electron chi connectivity index (χ2n) is 4.95. The molecule has 10 heteroatoms. The van der Waals surface area contributed by atoms with E-state index in [0.29, 0.717) is 11.0 Å². The van der Waals surface area contributed by atoms with Crippen LogP contribution in [0.2, 0.25) is 5.15 Å². The van der Waals surface area contributed by atoms with Crippen molar-refractivity contribution in [2.75, 3.05) is 5.73 Å². The highest BCUT2D eigenvalue weighted by Crippen LogP contribution is 2.27. The molecule has 7 nitrogen and oxygen atoms in total. The van der Waals surface area contributed by atoms with E-state index < -0.39 is 0 Å². The van der Waals surface area contributed by atoms with Crippen molar-refractivity contribution < 1.29 is 0 Å². The van der Waals surface area contributed by atoms with Gasteiger partial charge >= 0.3 is 0 Å². The van der Waals surface area contributed by atoms with Gasteiger partial charge in [0.15, 0.2) is 5.15 Å². The Hall–Kier alpha value is -1.71. The molecule has 4 heterocycles. The average Bonchev–Trinajstić information content (AvgIpc) is 3.13. The molecule has 0 amide bonds. The van der Waals surface area contributed by atoms with E-state index in [1.807, 2.05) is 14.1 Å². The Kier molecular flexibility index (Phi) is 4.75. The lowest BCUT2D eigenvalue weighted by Crippen LogP contribution is -1.96. The van der Waals surface area contributed by atoms with Crippen molar-refractivity contribution in [3.63, 3.8) is 0 Å². The molecule has 4 aromatic rings. The highest BCUT2D eigenvalue weighted by atomic mass is 79.9. The van der Waals surface area contributed by atoms with Crippen LogP contribution < -0.4 is 5.73 Å². The van der Waals surface area contributed by atoms with Gasteiger partial charge in [-0.3, -0.25) is 9.36 Å². The molecular weight excluding hydrogens is 461 g/mol.